The molecule has 0 amide bonds. The Hall–Kier alpha value is -0.630. The van der Waals surface area contributed by atoms with Gasteiger partial charge in [0.1, 0.15) is 5.75 Å². The highest BCUT2D eigenvalue weighted by molar-refractivity contribution is 14.1. The summed E-state index contributed by atoms with van der Waals surface area (Å²) in [5.74, 6) is 0.343. The Morgan fingerprint density at radius 2 is 1.75 bits per heavy atom. The topological polar surface area (TPSA) is 26.3 Å². The van der Waals surface area contributed by atoms with Crippen molar-refractivity contribution in [1.29, 1.82) is 0 Å². The van der Waals surface area contributed by atoms with E-state index in [1.807, 2.05) is 38.1 Å². The van der Waals surface area contributed by atoms with Gasteiger partial charge in [0.25, 0.3) is 0 Å². The van der Waals surface area contributed by atoms with Gasteiger partial charge in [0.05, 0.1) is 5.92 Å². The van der Waals surface area contributed by atoms with Gasteiger partial charge in [0.2, 0.25) is 0 Å². The highest BCUT2D eigenvalue weighted by atomic mass is 127. The van der Waals surface area contributed by atoms with E-state index in [1.54, 1.807) is 0 Å². The van der Waals surface area contributed by atoms with Gasteiger partial charge in [-0.2, -0.15) is 0 Å². The molecule has 0 saturated heterocycles. The second-order valence-corrected chi connectivity index (χ2v) is 8.38. The van der Waals surface area contributed by atoms with Crippen molar-refractivity contribution < 1.29 is 9.53 Å². The van der Waals surface area contributed by atoms with Crippen molar-refractivity contribution >= 4 is 51.2 Å². The minimum atomic E-state index is -0.147. The summed E-state index contributed by atoms with van der Waals surface area (Å²) in [6.07, 6.45) is 1.49. The lowest BCUT2D eigenvalue weighted by Gasteiger charge is -2.18. The molecule has 0 aromatic heterocycles. The fraction of sp³-hybridized carbons (Fsp3) is 0.350. The molecule has 0 aliphatic rings. The van der Waals surface area contributed by atoms with Gasteiger partial charge in [0, 0.05) is 7.14 Å². The molecular weight excluding hydrogens is 526 g/mol. The summed E-state index contributed by atoms with van der Waals surface area (Å²) in [6, 6.07) is 9.82. The number of hydrogen-bond donors (Lipinski definition) is 0. The Kier molecular flexibility index (Phi) is 7.10. The summed E-state index contributed by atoms with van der Waals surface area (Å²) < 4.78 is 8.07. The fourth-order valence-corrected chi connectivity index (χ4v) is 4.93. The largest absolute Gasteiger partial charge is 0.426 e. The van der Waals surface area contributed by atoms with Crippen LogP contribution in [0.1, 0.15) is 35.6 Å². The van der Waals surface area contributed by atoms with Crippen LogP contribution in [-0.4, -0.2) is 5.97 Å². The second kappa shape index (κ2) is 8.65. The summed E-state index contributed by atoms with van der Waals surface area (Å²) in [7, 11) is 0. The van der Waals surface area contributed by atoms with Crippen molar-refractivity contribution in [3.8, 4) is 5.75 Å². The number of ether oxygens (including phenoxy) is 1. The Bertz CT molecular complexity index is 736. The Labute approximate surface area is 171 Å². The summed E-state index contributed by atoms with van der Waals surface area (Å²) in [6.45, 7) is 8.33. The lowest BCUT2D eigenvalue weighted by atomic mass is 9.95. The van der Waals surface area contributed by atoms with Gasteiger partial charge in [-0.3, -0.25) is 4.79 Å². The second-order valence-electron chi connectivity index (χ2n) is 6.14. The van der Waals surface area contributed by atoms with Crippen LogP contribution in [0.5, 0.6) is 5.75 Å². The number of carbonyl (C=O) groups excluding carboxylic acids is 1. The van der Waals surface area contributed by atoms with E-state index >= 15 is 0 Å². The van der Waals surface area contributed by atoms with Gasteiger partial charge in [-0.25, -0.2) is 0 Å². The molecule has 24 heavy (non-hydrogen) atoms. The summed E-state index contributed by atoms with van der Waals surface area (Å²) in [5, 5.41) is 0. The molecule has 2 aromatic carbocycles. The molecule has 0 spiro atoms. The predicted octanol–water partition coefficient (Wildman–Crippen LogP) is 6.00. The molecule has 0 aliphatic heterocycles. The van der Waals surface area contributed by atoms with Crippen molar-refractivity contribution in [3.05, 3.63) is 59.7 Å². The van der Waals surface area contributed by atoms with E-state index in [-0.39, 0.29) is 11.9 Å². The van der Waals surface area contributed by atoms with Crippen LogP contribution in [0.25, 0.3) is 0 Å². The van der Waals surface area contributed by atoms with Gasteiger partial charge >= 0.3 is 5.97 Å². The molecule has 0 heterocycles. The summed E-state index contributed by atoms with van der Waals surface area (Å²) >= 11 is 4.77. The third-order valence-corrected chi connectivity index (χ3v) is 6.76. The lowest BCUT2D eigenvalue weighted by molar-refractivity contribution is -0.139. The van der Waals surface area contributed by atoms with Crippen LogP contribution in [0.4, 0.5) is 0 Å². The summed E-state index contributed by atoms with van der Waals surface area (Å²) in [5.41, 5.74) is 5.00. The van der Waals surface area contributed by atoms with Crippen LogP contribution in [-0.2, 0) is 11.2 Å². The third-order valence-electron chi connectivity index (χ3n) is 4.33. The monoisotopic (exact) mass is 548 g/mol. The van der Waals surface area contributed by atoms with Crippen molar-refractivity contribution in [3.63, 3.8) is 0 Å². The molecular formula is C20H22I2O2. The highest BCUT2D eigenvalue weighted by Crippen LogP contribution is 2.29. The molecule has 0 aliphatic carbocycles. The van der Waals surface area contributed by atoms with Gasteiger partial charge in [-0.1, -0.05) is 24.6 Å². The zero-order valence-electron chi connectivity index (χ0n) is 14.5. The first-order valence-corrected chi connectivity index (χ1v) is 10.2. The molecule has 0 saturated carbocycles. The van der Waals surface area contributed by atoms with E-state index in [0.29, 0.717) is 5.75 Å². The van der Waals surface area contributed by atoms with E-state index in [9.17, 15) is 4.79 Å². The first-order valence-electron chi connectivity index (χ1n) is 8.05. The van der Waals surface area contributed by atoms with Crippen LogP contribution in [0, 0.1) is 33.8 Å². The number of carbonyl (C=O) groups is 1. The SMILES string of the molecule is CCC(Cc1c(I)cc(C)c(C)c1I)C(=O)Oc1ccc(C)cc1. The van der Waals surface area contributed by atoms with Gasteiger partial charge < -0.3 is 4.74 Å². The molecule has 2 rings (SSSR count). The van der Waals surface area contributed by atoms with Crippen molar-refractivity contribution in [2.45, 2.75) is 40.5 Å². The Morgan fingerprint density at radius 1 is 1.12 bits per heavy atom. The standard InChI is InChI=1S/C20H22I2O2/c1-5-15(20(23)24-16-8-6-12(2)7-9-16)11-17-18(21)10-13(3)14(4)19(17)22/h6-10,15H,5,11H2,1-4H3. The van der Waals surface area contributed by atoms with Crippen molar-refractivity contribution in [2.75, 3.05) is 0 Å². The minimum absolute atomic E-state index is 0.129. The first kappa shape index (κ1) is 19.7. The Balaban J connectivity index is 2.19. The predicted molar refractivity (Wildman–Crippen MR) is 116 cm³/mol. The van der Waals surface area contributed by atoms with Crippen LogP contribution in [0.2, 0.25) is 0 Å². The maximum absolute atomic E-state index is 12.6. The first-order chi connectivity index (χ1) is 11.3. The van der Waals surface area contributed by atoms with Gasteiger partial charge in [0.15, 0.2) is 0 Å². The van der Waals surface area contributed by atoms with E-state index in [0.717, 1.165) is 18.4 Å². The van der Waals surface area contributed by atoms with Crippen LogP contribution >= 0.6 is 45.2 Å². The molecule has 2 aromatic rings. The van der Waals surface area contributed by atoms with Crippen molar-refractivity contribution in [1.82, 2.24) is 0 Å². The van der Waals surface area contributed by atoms with E-state index in [1.165, 1.54) is 23.8 Å². The van der Waals surface area contributed by atoms with Gasteiger partial charge in [-0.05, 0) is 114 Å². The maximum Gasteiger partial charge on any atom is 0.314 e. The number of halogens is 2. The summed E-state index contributed by atoms with van der Waals surface area (Å²) in [4.78, 5) is 12.6. The van der Waals surface area contributed by atoms with Crippen molar-refractivity contribution in [2.24, 2.45) is 5.92 Å². The normalized spacial score (nSPS) is 12.1. The van der Waals surface area contributed by atoms with Crippen LogP contribution in [0.15, 0.2) is 30.3 Å². The average molecular weight is 548 g/mol. The third kappa shape index (κ3) is 4.71. The van der Waals surface area contributed by atoms with E-state index < -0.39 is 0 Å². The average Bonchev–Trinajstić information content (AvgIpc) is 2.55. The molecule has 0 fully saturated rings. The zero-order chi connectivity index (χ0) is 17.9. The number of hydrogen-bond acceptors (Lipinski definition) is 2. The smallest absolute Gasteiger partial charge is 0.314 e. The highest BCUT2D eigenvalue weighted by Gasteiger charge is 2.22. The fourth-order valence-electron chi connectivity index (χ4n) is 2.52. The quantitative estimate of drug-likeness (QED) is 0.261. The van der Waals surface area contributed by atoms with Gasteiger partial charge in [-0.15, -0.1) is 0 Å². The number of aryl methyl sites for hydroxylation is 2. The lowest BCUT2D eigenvalue weighted by Crippen LogP contribution is -2.23. The molecule has 0 N–H and O–H groups in total. The minimum Gasteiger partial charge on any atom is -0.426 e. The molecule has 4 heteroatoms. The van der Waals surface area contributed by atoms with Crippen LogP contribution < -0.4 is 4.74 Å². The molecule has 128 valence electrons. The molecule has 1 atom stereocenters. The molecule has 1 unspecified atom stereocenters. The molecule has 0 radical (unpaired) electrons. The van der Waals surface area contributed by atoms with E-state index in [4.69, 9.17) is 4.74 Å². The maximum atomic E-state index is 12.6. The number of benzene rings is 2. The van der Waals surface area contributed by atoms with E-state index in [2.05, 4.69) is 65.1 Å². The number of esters is 1. The van der Waals surface area contributed by atoms with Crippen LogP contribution in [0.3, 0.4) is 0 Å². The molecule has 2 nitrogen and oxygen atoms in total. The Morgan fingerprint density at radius 3 is 2.33 bits per heavy atom. The molecule has 0 bridgehead atoms. The number of rotatable bonds is 5. The zero-order valence-corrected chi connectivity index (χ0v) is 18.8.